The maximum Gasteiger partial charge on any atom is 0.243 e. The van der Waals surface area contributed by atoms with Gasteiger partial charge < -0.3 is 4.57 Å². The quantitative estimate of drug-likeness (QED) is 0.282. The maximum absolute atomic E-state index is 14.2. The first-order chi connectivity index (χ1) is 16.7. The van der Waals surface area contributed by atoms with E-state index in [1.807, 2.05) is 0 Å². The zero-order valence-electron chi connectivity index (χ0n) is 19.5. The highest BCUT2D eigenvalue weighted by Crippen LogP contribution is 2.38. The fraction of sp³-hybridized carbons (Fsp3) is 0.480. The molecule has 0 N–H and O–H groups in total. The first kappa shape index (κ1) is 24.6. The number of hydrogen-bond acceptors (Lipinski definition) is 4. The average molecular weight is 524 g/mol. The SMILES string of the molecule is C[C@@H]1CCCN(S(=O)(=O)c2ccc3c(c2)nc(SCc2cc(F)cc(F)c2F)n3C2CCCC2)C1. The molecule has 35 heavy (non-hydrogen) atoms. The van der Waals surface area contributed by atoms with E-state index < -0.39 is 27.5 Å². The molecule has 3 aromatic rings. The molecule has 2 fully saturated rings. The molecule has 2 aromatic carbocycles. The Morgan fingerprint density at radius 3 is 2.57 bits per heavy atom. The Morgan fingerprint density at radius 2 is 1.83 bits per heavy atom. The third-order valence-electron chi connectivity index (χ3n) is 7.00. The number of nitrogens with zero attached hydrogens (tertiary/aromatic N) is 3. The third-order valence-corrected chi connectivity index (χ3v) is 9.86. The van der Waals surface area contributed by atoms with E-state index in [0.717, 1.165) is 50.1 Å². The topological polar surface area (TPSA) is 55.2 Å². The first-order valence-electron chi connectivity index (χ1n) is 12.0. The van der Waals surface area contributed by atoms with Crippen LogP contribution in [0.5, 0.6) is 0 Å². The lowest BCUT2D eigenvalue weighted by Gasteiger charge is -2.30. The molecule has 2 heterocycles. The van der Waals surface area contributed by atoms with Crippen LogP contribution in [0.1, 0.15) is 57.1 Å². The number of imidazole rings is 1. The molecular weight excluding hydrogens is 495 g/mol. The second kappa shape index (κ2) is 9.78. The smallest absolute Gasteiger partial charge is 0.243 e. The van der Waals surface area contributed by atoms with Gasteiger partial charge in [0.25, 0.3) is 0 Å². The van der Waals surface area contributed by atoms with E-state index in [9.17, 15) is 21.6 Å². The lowest BCUT2D eigenvalue weighted by atomic mass is 10.0. The molecule has 0 amide bonds. The minimum Gasteiger partial charge on any atom is -0.316 e. The summed E-state index contributed by atoms with van der Waals surface area (Å²) in [7, 11) is -3.64. The van der Waals surface area contributed by atoms with E-state index >= 15 is 0 Å². The standard InChI is InChI=1S/C25H28F3N3O2S2/c1-16-5-4-10-30(14-16)35(32,33)20-8-9-23-22(13-20)29-25(31(23)19-6-2-3-7-19)34-15-17-11-18(26)12-21(27)24(17)28/h8-9,11-13,16,19H,2-7,10,14-15H2,1H3/t16-/m1/s1. The van der Waals surface area contributed by atoms with E-state index in [4.69, 9.17) is 4.98 Å². The van der Waals surface area contributed by atoms with Crippen molar-refractivity contribution < 1.29 is 21.6 Å². The second-order valence-corrected chi connectivity index (χ2v) is 12.5. The van der Waals surface area contributed by atoms with Gasteiger partial charge in [-0.25, -0.2) is 26.6 Å². The second-order valence-electron chi connectivity index (χ2n) is 9.61. The van der Waals surface area contributed by atoms with E-state index in [0.29, 0.717) is 35.7 Å². The molecule has 1 aliphatic carbocycles. The molecule has 0 bridgehead atoms. The molecule has 0 unspecified atom stereocenters. The third kappa shape index (κ3) is 4.84. The summed E-state index contributed by atoms with van der Waals surface area (Å²) in [4.78, 5) is 4.93. The summed E-state index contributed by atoms with van der Waals surface area (Å²) in [6.45, 7) is 3.08. The first-order valence-corrected chi connectivity index (χ1v) is 14.4. The Balaban J connectivity index is 1.51. The number of aromatic nitrogens is 2. The monoisotopic (exact) mass is 523 g/mol. The van der Waals surface area contributed by atoms with Crippen LogP contribution in [0.25, 0.3) is 11.0 Å². The molecule has 10 heteroatoms. The Kier molecular flexibility index (Phi) is 6.89. The van der Waals surface area contributed by atoms with E-state index in [-0.39, 0.29) is 22.3 Å². The molecule has 2 aliphatic rings. The zero-order chi connectivity index (χ0) is 24.7. The fourth-order valence-electron chi connectivity index (χ4n) is 5.20. The van der Waals surface area contributed by atoms with E-state index in [1.54, 1.807) is 22.5 Å². The van der Waals surface area contributed by atoms with Crippen molar-refractivity contribution in [3.8, 4) is 0 Å². The summed E-state index contributed by atoms with van der Waals surface area (Å²) in [6.07, 6.45) is 5.96. The van der Waals surface area contributed by atoms with Crippen molar-refractivity contribution in [3.63, 3.8) is 0 Å². The summed E-state index contributed by atoms with van der Waals surface area (Å²) in [5.41, 5.74) is 1.30. The van der Waals surface area contributed by atoms with Crippen LogP contribution in [-0.2, 0) is 15.8 Å². The van der Waals surface area contributed by atoms with Crippen molar-refractivity contribution in [1.82, 2.24) is 13.9 Å². The van der Waals surface area contributed by atoms with Gasteiger partial charge in [-0.15, -0.1) is 0 Å². The molecular formula is C25H28F3N3O2S2. The van der Waals surface area contributed by atoms with Gasteiger partial charge in [-0.2, -0.15) is 4.31 Å². The number of fused-ring (bicyclic) bond motifs is 1. The molecule has 1 aromatic heterocycles. The van der Waals surface area contributed by atoms with Crippen LogP contribution in [0.3, 0.4) is 0 Å². The van der Waals surface area contributed by atoms with Gasteiger partial charge in [0, 0.05) is 36.5 Å². The highest BCUT2D eigenvalue weighted by Gasteiger charge is 2.30. The number of piperidine rings is 1. The zero-order valence-corrected chi connectivity index (χ0v) is 21.1. The lowest BCUT2D eigenvalue weighted by Crippen LogP contribution is -2.39. The van der Waals surface area contributed by atoms with Gasteiger partial charge in [-0.3, -0.25) is 0 Å². The summed E-state index contributed by atoms with van der Waals surface area (Å²) < 4.78 is 71.8. The predicted molar refractivity (Wildman–Crippen MR) is 130 cm³/mol. The number of rotatable bonds is 6. The number of sulfonamides is 1. The van der Waals surface area contributed by atoms with Gasteiger partial charge >= 0.3 is 0 Å². The molecule has 5 nitrogen and oxygen atoms in total. The van der Waals surface area contributed by atoms with Gasteiger partial charge in [0.05, 0.1) is 15.9 Å². The van der Waals surface area contributed by atoms with Gasteiger partial charge in [0.1, 0.15) is 5.82 Å². The van der Waals surface area contributed by atoms with Gasteiger partial charge in [0.2, 0.25) is 10.0 Å². The Hall–Kier alpha value is -2.04. The molecule has 1 aliphatic heterocycles. The van der Waals surface area contributed by atoms with Crippen LogP contribution in [0, 0.1) is 23.4 Å². The summed E-state index contributed by atoms with van der Waals surface area (Å²) in [6, 6.07) is 6.78. The molecule has 5 rings (SSSR count). The number of benzene rings is 2. The van der Waals surface area contributed by atoms with Gasteiger partial charge in [-0.1, -0.05) is 31.5 Å². The lowest BCUT2D eigenvalue weighted by molar-refractivity contribution is 0.281. The molecule has 188 valence electrons. The van der Waals surface area contributed by atoms with Gasteiger partial charge in [-0.05, 0) is 55.9 Å². The fourth-order valence-corrected chi connectivity index (χ4v) is 7.87. The Morgan fingerprint density at radius 1 is 1.06 bits per heavy atom. The van der Waals surface area contributed by atoms with E-state index in [2.05, 4.69) is 11.5 Å². The average Bonchev–Trinajstić information content (AvgIpc) is 3.47. The Bertz CT molecular complexity index is 1350. The van der Waals surface area contributed by atoms with Gasteiger partial charge in [0.15, 0.2) is 16.8 Å². The van der Waals surface area contributed by atoms with Crippen molar-refractivity contribution in [2.75, 3.05) is 13.1 Å². The van der Waals surface area contributed by atoms with Crippen molar-refractivity contribution in [1.29, 1.82) is 0 Å². The minimum absolute atomic E-state index is 0.00732. The number of hydrogen-bond donors (Lipinski definition) is 0. The van der Waals surface area contributed by atoms with Crippen molar-refractivity contribution in [2.45, 2.75) is 67.3 Å². The van der Waals surface area contributed by atoms with Crippen LogP contribution in [-0.4, -0.2) is 35.4 Å². The normalized spacial score (nSPS) is 20.2. The predicted octanol–water partition coefficient (Wildman–Crippen LogP) is 6.28. The molecule has 1 saturated carbocycles. The molecule has 1 saturated heterocycles. The van der Waals surface area contributed by atoms with Crippen molar-refractivity contribution >= 4 is 32.8 Å². The summed E-state index contributed by atoms with van der Waals surface area (Å²) in [5, 5.41) is 0.595. The Labute approximate surface area is 207 Å². The number of thioether (sulfide) groups is 1. The minimum atomic E-state index is -3.64. The highest BCUT2D eigenvalue weighted by molar-refractivity contribution is 7.98. The van der Waals surface area contributed by atoms with Crippen LogP contribution in [0.15, 0.2) is 40.4 Å². The number of halogens is 3. The molecule has 0 spiro atoms. The summed E-state index contributed by atoms with van der Waals surface area (Å²) >= 11 is 1.20. The van der Waals surface area contributed by atoms with Crippen molar-refractivity contribution in [3.05, 3.63) is 53.3 Å². The summed E-state index contributed by atoms with van der Waals surface area (Å²) in [5.74, 6) is -2.78. The largest absolute Gasteiger partial charge is 0.316 e. The molecule has 0 radical (unpaired) electrons. The van der Waals surface area contributed by atoms with Crippen LogP contribution < -0.4 is 0 Å². The van der Waals surface area contributed by atoms with Crippen LogP contribution in [0.2, 0.25) is 0 Å². The van der Waals surface area contributed by atoms with Crippen molar-refractivity contribution in [2.24, 2.45) is 5.92 Å². The molecule has 1 atom stereocenters. The van der Waals surface area contributed by atoms with E-state index in [1.165, 1.54) is 11.8 Å². The highest BCUT2D eigenvalue weighted by atomic mass is 32.2. The van der Waals surface area contributed by atoms with Crippen LogP contribution in [0.4, 0.5) is 13.2 Å². The maximum atomic E-state index is 14.2. The van der Waals surface area contributed by atoms with Crippen LogP contribution >= 0.6 is 11.8 Å².